The van der Waals surface area contributed by atoms with Gasteiger partial charge in [0, 0.05) is 18.7 Å². The van der Waals surface area contributed by atoms with Crippen LogP contribution in [0.3, 0.4) is 0 Å². The van der Waals surface area contributed by atoms with Gasteiger partial charge in [0.1, 0.15) is 0 Å². The van der Waals surface area contributed by atoms with Crippen molar-refractivity contribution in [2.75, 3.05) is 46.6 Å². The van der Waals surface area contributed by atoms with E-state index in [4.69, 9.17) is 18.9 Å². The maximum absolute atomic E-state index is 12.6. The molecule has 8 nitrogen and oxygen atoms in total. The fourth-order valence-electron chi connectivity index (χ4n) is 3.86. The summed E-state index contributed by atoms with van der Waals surface area (Å²) in [5.41, 5.74) is 3.55. The zero-order valence-corrected chi connectivity index (χ0v) is 19.4. The Bertz CT molecular complexity index is 1020. The third-order valence-electron chi connectivity index (χ3n) is 5.40. The van der Waals surface area contributed by atoms with Crippen LogP contribution in [-0.4, -0.2) is 69.2 Å². The van der Waals surface area contributed by atoms with Gasteiger partial charge in [0.2, 0.25) is 5.78 Å². The standard InChI is InChI=1S/C25H29NO7/c1-16-11-17(2)24(18(3)12-16)20(27)14-33-25(29)19-5-6-21(22(13-19)30-4)32-15-23(28)26-7-9-31-10-8-26/h5-6,11-13H,7-10,14-15H2,1-4H3. The molecule has 1 fully saturated rings. The minimum Gasteiger partial charge on any atom is -0.493 e. The summed E-state index contributed by atoms with van der Waals surface area (Å²) in [6.07, 6.45) is 0. The molecule has 0 aliphatic carbocycles. The highest BCUT2D eigenvalue weighted by Crippen LogP contribution is 2.28. The van der Waals surface area contributed by atoms with E-state index in [9.17, 15) is 14.4 Å². The normalized spacial score (nSPS) is 13.4. The molecule has 0 bridgehead atoms. The molecular weight excluding hydrogens is 426 g/mol. The topological polar surface area (TPSA) is 91.4 Å². The Kier molecular flexibility index (Phi) is 8.06. The highest BCUT2D eigenvalue weighted by Gasteiger charge is 2.20. The highest BCUT2D eigenvalue weighted by molar-refractivity contribution is 6.01. The lowest BCUT2D eigenvalue weighted by atomic mass is 9.97. The van der Waals surface area contributed by atoms with Crippen molar-refractivity contribution in [2.24, 2.45) is 0 Å². The van der Waals surface area contributed by atoms with Gasteiger partial charge in [-0.1, -0.05) is 17.7 Å². The predicted molar refractivity (Wildman–Crippen MR) is 121 cm³/mol. The monoisotopic (exact) mass is 455 g/mol. The molecule has 0 unspecified atom stereocenters. The van der Waals surface area contributed by atoms with Crippen molar-refractivity contribution < 1.29 is 33.3 Å². The van der Waals surface area contributed by atoms with Crippen molar-refractivity contribution in [2.45, 2.75) is 20.8 Å². The number of esters is 1. The number of morpholine rings is 1. The summed E-state index contributed by atoms with van der Waals surface area (Å²) in [6.45, 7) is 7.27. The maximum atomic E-state index is 12.6. The third-order valence-corrected chi connectivity index (χ3v) is 5.40. The lowest BCUT2D eigenvalue weighted by molar-refractivity contribution is -0.137. The average molecular weight is 456 g/mol. The molecule has 2 aromatic carbocycles. The smallest absolute Gasteiger partial charge is 0.338 e. The van der Waals surface area contributed by atoms with Crippen molar-refractivity contribution in [1.29, 1.82) is 0 Å². The average Bonchev–Trinajstić information content (AvgIpc) is 2.80. The Labute approximate surface area is 193 Å². The van der Waals surface area contributed by atoms with Crippen molar-refractivity contribution in [3.05, 3.63) is 58.1 Å². The van der Waals surface area contributed by atoms with Crippen LogP contribution in [0.4, 0.5) is 0 Å². The highest BCUT2D eigenvalue weighted by atomic mass is 16.5. The molecular formula is C25H29NO7. The van der Waals surface area contributed by atoms with Gasteiger partial charge in [-0.3, -0.25) is 9.59 Å². The zero-order chi connectivity index (χ0) is 24.0. The van der Waals surface area contributed by atoms with Gasteiger partial charge < -0.3 is 23.8 Å². The number of carbonyl (C=O) groups excluding carboxylic acids is 3. The molecule has 0 radical (unpaired) electrons. The van der Waals surface area contributed by atoms with Gasteiger partial charge in [0.25, 0.3) is 5.91 Å². The minimum absolute atomic E-state index is 0.149. The molecule has 2 aromatic rings. The number of hydrogen-bond acceptors (Lipinski definition) is 7. The predicted octanol–water partition coefficient (Wildman–Crippen LogP) is 2.90. The Hall–Kier alpha value is -3.39. The molecule has 0 atom stereocenters. The van der Waals surface area contributed by atoms with Gasteiger partial charge >= 0.3 is 5.97 Å². The SMILES string of the molecule is COc1cc(C(=O)OCC(=O)c2c(C)cc(C)cc2C)ccc1OCC(=O)N1CCOCC1. The minimum atomic E-state index is -0.653. The number of Topliss-reactive ketones (excluding diaryl/α,β-unsaturated/α-hetero) is 1. The van der Waals surface area contributed by atoms with E-state index in [1.807, 2.05) is 32.9 Å². The Balaban J connectivity index is 1.60. The van der Waals surface area contributed by atoms with E-state index in [2.05, 4.69) is 0 Å². The molecule has 176 valence electrons. The Morgan fingerprint density at radius 2 is 1.61 bits per heavy atom. The summed E-state index contributed by atoms with van der Waals surface area (Å²) in [5, 5.41) is 0. The first-order valence-electron chi connectivity index (χ1n) is 10.7. The molecule has 0 aromatic heterocycles. The van der Waals surface area contributed by atoms with Crippen LogP contribution in [0.2, 0.25) is 0 Å². The van der Waals surface area contributed by atoms with E-state index < -0.39 is 5.97 Å². The first kappa shape index (κ1) is 24.3. The molecule has 8 heteroatoms. The van der Waals surface area contributed by atoms with Crippen LogP contribution in [0, 0.1) is 20.8 Å². The first-order valence-corrected chi connectivity index (χ1v) is 10.7. The van der Waals surface area contributed by atoms with Crippen LogP contribution in [0.25, 0.3) is 0 Å². The quantitative estimate of drug-likeness (QED) is 0.446. The van der Waals surface area contributed by atoms with Crippen LogP contribution >= 0.6 is 0 Å². The van der Waals surface area contributed by atoms with Crippen LogP contribution in [-0.2, 0) is 14.3 Å². The van der Waals surface area contributed by atoms with E-state index in [0.29, 0.717) is 37.6 Å². The molecule has 0 N–H and O–H groups in total. The molecule has 0 saturated carbocycles. The lowest BCUT2D eigenvalue weighted by Crippen LogP contribution is -2.43. The number of methoxy groups -OCH3 is 1. The number of rotatable bonds is 8. The summed E-state index contributed by atoms with van der Waals surface area (Å²) < 4.78 is 21.4. The molecule has 1 saturated heterocycles. The first-order chi connectivity index (χ1) is 15.8. The summed E-state index contributed by atoms with van der Waals surface area (Å²) in [4.78, 5) is 39.1. The zero-order valence-electron chi connectivity index (χ0n) is 19.4. The second-order valence-electron chi connectivity index (χ2n) is 7.92. The molecule has 1 heterocycles. The lowest BCUT2D eigenvalue weighted by Gasteiger charge is -2.26. The van der Waals surface area contributed by atoms with E-state index in [1.165, 1.54) is 25.3 Å². The number of ether oxygens (including phenoxy) is 4. The largest absolute Gasteiger partial charge is 0.493 e. The fraction of sp³-hybridized carbons (Fsp3) is 0.400. The molecule has 1 amide bonds. The number of nitrogens with zero attached hydrogens (tertiary/aromatic N) is 1. The third kappa shape index (κ3) is 6.10. The van der Waals surface area contributed by atoms with Gasteiger partial charge in [0.05, 0.1) is 25.9 Å². The number of aryl methyl sites for hydroxylation is 3. The summed E-state index contributed by atoms with van der Waals surface area (Å²) in [5.74, 6) is -0.440. The molecule has 3 rings (SSSR count). The van der Waals surface area contributed by atoms with Crippen molar-refractivity contribution in [3.8, 4) is 11.5 Å². The van der Waals surface area contributed by atoms with Gasteiger partial charge in [-0.05, 0) is 50.1 Å². The number of carbonyl (C=O) groups is 3. The van der Waals surface area contributed by atoms with Gasteiger partial charge in [-0.25, -0.2) is 4.79 Å². The summed E-state index contributed by atoms with van der Waals surface area (Å²) in [7, 11) is 1.44. The molecule has 1 aliphatic rings. The molecule has 33 heavy (non-hydrogen) atoms. The number of ketones is 1. The molecule has 1 aliphatic heterocycles. The summed E-state index contributed by atoms with van der Waals surface area (Å²) >= 11 is 0. The van der Waals surface area contributed by atoms with Crippen LogP contribution in [0.1, 0.15) is 37.4 Å². The fourth-order valence-corrected chi connectivity index (χ4v) is 3.86. The number of benzene rings is 2. The van der Waals surface area contributed by atoms with Crippen molar-refractivity contribution in [3.63, 3.8) is 0 Å². The van der Waals surface area contributed by atoms with Crippen LogP contribution in [0.5, 0.6) is 11.5 Å². The summed E-state index contributed by atoms with van der Waals surface area (Å²) in [6, 6.07) is 8.36. The molecule has 0 spiro atoms. The van der Waals surface area contributed by atoms with E-state index in [1.54, 1.807) is 4.90 Å². The van der Waals surface area contributed by atoms with Crippen molar-refractivity contribution >= 4 is 17.7 Å². The number of amides is 1. The van der Waals surface area contributed by atoms with E-state index in [0.717, 1.165) is 16.7 Å². The van der Waals surface area contributed by atoms with Crippen LogP contribution in [0.15, 0.2) is 30.3 Å². The van der Waals surface area contributed by atoms with E-state index >= 15 is 0 Å². The van der Waals surface area contributed by atoms with Gasteiger partial charge in [-0.2, -0.15) is 0 Å². The van der Waals surface area contributed by atoms with E-state index in [-0.39, 0.29) is 36.2 Å². The van der Waals surface area contributed by atoms with Gasteiger partial charge in [0.15, 0.2) is 24.7 Å². The Morgan fingerprint density at radius 1 is 0.939 bits per heavy atom. The second-order valence-corrected chi connectivity index (χ2v) is 7.92. The van der Waals surface area contributed by atoms with Gasteiger partial charge in [-0.15, -0.1) is 0 Å². The van der Waals surface area contributed by atoms with Crippen molar-refractivity contribution in [1.82, 2.24) is 4.90 Å². The second kappa shape index (κ2) is 11.0. The maximum Gasteiger partial charge on any atom is 0.338 e. The number of hydrogen-bond donors (Lipinski definition) is 0. The Morgan fingerprint density at radius 3 is 2.24 bits per heavy atom. The van der Waals surface area contributed by atoms with Crippen LogP contribution < -0.4 is 9.47 Å².